The number of aliphatic hydroxyl groups is 3. The molecule has 48 heavy (non-hydrogen) atoms. The maximum Gasteiger partial charge on any atom is 0.315 e. The lowest BCUT2D eigenvalue weighted by atomic mass is 9.58. The number of aromatic hydroxyl groups is 1. The molecule has 0 heterocycles. The molecule has 0 aliphatic heterocycles. The van der Waals surface area contributed by atoms with Crippen molar-refractivity contribution in [2.24, 2.45) is 17.6 Å². The first-order valence-electron chi connectivity index (χ1n) is 15.7. The summed E-state index contributed by atoms with van der Waals surface area (Å²) in [6.45, 7) is 7.97. The molecule has 2 aromatic carbocycles. The highest BCUT2D eigenvalue weighted by molar-refractivity contribution is 6.25. The minimum atomic E-state index is -2.71. The lowest BCUT2D eigenvalue weighted by Crippen LogP contribution is -2.63. The fraction of sp³-hybridized carbons (Fsp3) is 0.429. The molecular formula is C35H42N4O9. The third kappa shape index (κ3) is 5.66. The van der Waals surface area contributed by atoms with Crippen LogP contribution in [0.4, 0.5) is 4.79 Å². The van der Waals surface area contributed by atoms with Gasteiger partial charge < -0.3 is 41.5 Å². The fourth-order valence-electron chi connectivity index (χ4n) is 7.26. The molecule has 13 heteroatoms. The van der Waals surface area contributed by atoms with Crippen molar-refractivity contribution in [3.8, 4) is 22.6 Å². The summed E-state index contributed by atoms with van der Waals surface area (Å²) >= 11 is 0. The molecule has 1 unspecified atom stereocenters. The summed E-state index contributed by atoms with van der Waals surface area (Å²) in [4.78, 5) is 53.9. The number of carbonyl (C=O) groups excluding carboxylic acids is 4. The normalized spacial score (nSPS) is 23.8. The first-order valence-corrected chi connectivity index (χ1v) is 15.7. The van der Waals surface area contributed by atoms with Gasteiger partial charge in [-0.15, -0.1) is 0 Å². The number of nitrogens with one attached hydrogen (secondary N) is 2. The van der Waals surface area contributed by atoms with Gasteiger partial charge in [-0.3, -0.25) is 19.3 Å². The third-order valence-electron chi connectivity index (χ3n) is 9.21. The number of likely N-dealkylation sites (N-methyl/N-ethyl adjacent to an activating group) is 1. The van der Waals surface area contributed by atoms with Crippen LogP contribution in [0.1, 0.15) is 55.6 Å². The number of hydrogen-bond donors (Lipinski definition) is 7. The van der Waals surface area contributed by atoms with E-state index in [1.165, 1.54) is 11.0 Å². The highest BCUT2D eigenvalue weighted by Crippen LogP contribution is 2.53. The number of primary amides is 1. The van der Waals surface area contributed by atoms with Crippen LogP contribution < -0.4 is 21.1 Å². The number of nitrogens with two attached hydrogens (primary N) is 1. The predicted molar refractivity (Wildman–Crippen MR) is 175 cm³/mol. The highest BCUT2D eigenvalue weighted by Gasteiger charge is 2.63. The molecule has 8 N–H and O–H groups in total. The van der Waals surface area contributed by atoms with E-state index in [4.69, 9.17) is 10.5 Å². The number of Topliss-reactive ketones (excluding diaryl/α,β-unsaturated/α-hetero) is 2. The zero-order valence-corrected chi connectivity index (χ0v) is 27.8. The van der Waals surface area contributed by atoms with E-state index in [0.29, 0.717) is 34.6 Å². The largest absolute Gasteiger partial charge is 0.510 e. The van der Waals surface area contributed by atoms with Crippen molar-refractivity contribution in [2.75, 3.05) is 20.7 Å². The van der Waals surface area contributed by atoms with Crippen molar-refractivity contribution < 1.29 is 44.3 Å². The lowest BCUT2D eigenvalue weighted by Gasteiger charge is -2.50. The predicted octanol–water partition coefficient (Wildman–Crippen LogP) is 2.78. The molecule has 0 aromatic heterocycles. The fourth-order valence-corrected chi connectivity index (χ4v) is 7.26. The zero-order chi connectivity index (χ0) is 35.5. The van der Waals surface area contributed by atoms with E-state index >= 15 is 0 Å². The van der Waals surface area contributed by atoms with Crippen LogP contribution in [0.2, 0.25) is 0 Å². The number of nitrogens with zero attached hydrogens (tertiary/aromatic N) is 1. The molecule has 13 nitrogen and oxygen atoms in total. The van der Waals surface area contributed by atoms with Gasteiger partial charge >= 0.3 is 6.03 Å². The van der Waals surface area contributed by atoms with Gasteiger partial charge in [0.25, 0.3) is 5.91 Å². The molecule has 0 fully saturated rings. The van der Waals surface area contributed by atoms with Crippen molar-refractivity contribution in [2.45, 2.75) is 64.3 Å². The quantitative estimate of drug-likeness (QED) is 0.216. The topological polar surface area (TPSA) is 212 Å². The number of carbonyl (C=O) groups is 4. The van der Waals surface area contributed by atoms with Crippen LogP contribution >= 0.6 is 0 Å². The molecular weight excluding hydrogens is 620 g/mol. The van der Waals surface area contributed by atoms with Crippen LogP contribution in [0.25, 0.3) is 11.1 Å². The second-order valence-electron chi connectivity index (χ2n) is 13.8. The number of aliphatic hydroxyl groups excluding tert-OH is 2. The number of phenolic OH excluding ortho intramolecular Hbond substituents is 1. The number of hydrogen-bond acceptors (Lipinski definition) is 10. The molecule has 0 saturated carbocycles. The Morgan fingerprint density at radius 3 is 2.40 bits per heavy atom. The molecule has 0 spiro atoms. The number of benzene rings is 2. The van der Waals surface area contributed by atoms with Crippen LogP contribution in [-0.4, -0.2) is 86.7 Å². The number of urea groups is 1. The van der Waals surface area contributed by atoms with E-state index in [0.717, 1.165) is 0 Å². The van der Waals surface area contributed by atoms with Crippen molar-refractivity contribution >= 4 is 23.5 Å². The van der Waals surface area contributed by atoms with E-state index in [9.17, 15) is 39.6 Å². The van der Waals surface area contributed by atoms with Crippen LogP contribution in [-0.2, 0) is 22.6 Å². The van der Waals surface area contributed by atoms with E-state index in [2.05, 4.69) is 10.6 Å². The summed E-state index contributed by atoms with van der Waals surface area (Å²) in [6, 6.07) is 6.98. The number of rotatable bonds is 7. The Bertz CT molecular complexity index is 1790. The molecule has 4 atom stereocenters. The van der Waals surface area contributed by atoms with E-state index < -0.39 is 63.6 Å². The van der Waals surface area contributed by atoms with Crippen molar-refractivity contribution in [3.63, 3.8) is 0 Å². The molecule has 3 aliphatic rings. The average molecular weight is 663 g/mol. The smallest absolute Gasteiger partial charge is 0.315 e. The van der Waals surface area contributed by atoms with Crippen LogP contribution in [0.5, 0.6) is 11.5 Å². The number of ether oxygens (including phenoxy) is 1. The maximum absolute atomic E-state index is 14.1. The van der Waals surface area contributed by atoms with Crippen molar-refractivity contribution in [1.29, 1.82) is 0 Å². The zero-order valence-electron chi connectivity index (χ0n) is 27.8. The van der Waals surface area contributed by atoms with Crippen LogP contribution in [0.15, 0.2) is 53.0 Å². The Labute approximate surface area is 278 Å². The van der Waals surface area contributed by atoms with Gasteiger partial charge in [0.05, 0.1) is 18.2 Å². The van der Waals surface area contributed by atoms with Gasteiger partial charge in [-0.25, -0.2) is 4.79 Å². The molecule has 0 radical (unpaired) electrons. The van der Waals surface area contributed by atoms with Gasteiger partial charge in [0.1, 0.15) is 28.6 Å². The van der Waals surface area contributed by atoms with Gasteiger partial charge in [-0.05, 0) is 95.4 Å². The summed E-state index contributed by atoms with van der Waals surface area (Å²) < 4.78 is 5.81. The Kier molecular flexibility index (Phi) is 8.82. The summed E-state index contributed by atoms with van der Waals surface area (Å²) in [5.74, 6) is -6.54. The second kappa shape index (κ2) is 12.3. The monoisotopic (exact) mass is 662 g/mol. The van der Waals surface area contributed by atoms with Gasteiger partial charge in [-0.2, -0.15) is 0 Å². The maximum atomic E-state index is 14.1. The molecule has 5 rings (SSSR count). The standard InChI is InChI=1S/C35H42N4O9/c1-7-48-23-11-8-16(12-18(23)15-37-33(46)38-34(2,3)4)19-9-10-22(40)25-20(19)13-17-14-21-27(39(5)6)29(42)26(32(36)45)31(44)35(21,47)30(43)24(17)28(25)41/h8-12,17,21,27,40,42-43,47H,7,13-15H2,1-6H3,(H2,36,45)(H2,37,38,46)/t17-,21+,27?,35+/m1/s1. The number of allylic oxidation sites excluding steroid dienone is 1. The minimum absolute atomic E-state index is 0.0256. The third-order valence-corrected chi connectivity index (χ3v) is 9.21. The minimum Gasteiger partial charge on any atom is -0.510 e. The van der Waals surface area contributed by atoms with Gasteiger partial charge in [-0.1, -0.05) is 12.1 Å². The summed E-state index contributed by atoms with van der Waals surface area (Å²) in [5, 5.41) is 51.1. The Hall–Kier alpha value is -4.88. The first-order chi connectivity index (χ1) is 22.4. The Morgan fingerprint density at radius 2 is 1.79 bits per heavy atom. The SMILES string of the molecule is CCOc1ccc(-c2ccc(O)c3c2C[C@@H]2C[C@H]4C(N(C)C)C(O)=C(C(N)=O)C(=O)[C@@]4(O)C(O)=C2C3=O)cc1CNC(=O)NC(C)(C)C. The summed E-state index contributed by atoms with van der Waals surface area (Å²) in [5.41, 5.74) is 3.51. The molecule has 0 bridgehead atoms. The molecule has 0 saturated heterocycles. The number of amides is 3. The number of ketones is 2. The molecule has 3 aliphatic carbocycles. The van der Waals surface area contributed by atoms with Gasteiger partial charge in [0.15, 0.2) is 11.4 Å². The Morgan fingerprint density at radius 1 is 1.10 bits per heavy atom. The van der Waals surface area contributed by atoms with E-state index in [1.54, 1.807) is 32.3 Å². The van der Waals surface area contributed by atoms with Crippen molar-refractivity contribution in [1.82, 2.24) is 15.5 Å². The summed E-state index contributed by atoms with van der Waals surface area (Å²) in [7, 11) is 3.16. The highest BCUT2D eigenvalue weighted by atomic mass is 16.5. The second-order valence-corrected chi connectivity index (χ2v) is 13.8. The van der Waals surface area contributed by atoms with Crippen molar-refractivity contribution in [3.05, 3.63) is 69.7 Å². The van der Waals surface area contributed by atoms with E-state index in [-0.39, 0.29) is 42.3 Å². The molecule has 2 aromatic rings. The lowest BCUT2D eigenvalue weighted by molar-refractivity contribution is -0.148. The number of fused-ring (bicyclic) bond motifs is 3. The van der Waals surface area contributed by atoms with E-state index in [1.807, 2.05) is 33.8 Å². The number of phenols is 1. The Balaban J connectivity index is 1.60. The van der Waals surface area contributed by atoms with Gasteiger partial charge in [0.2, 0.25) is 5.78 Å². The molecule has 256 valence electrons. The average Bonchev–Trinajstić information content (AvgIpc) is 2.97. The molecule has 3 amide bonds. The van der Waals surface area contributed by atoms with Crippen LogP contribution in [0, 0.1) is 11.8 Å². The van der Waals surface area contributed by atoms with Gasteiger partial charge in [0, 0.05) is 29.1 Å². The summed E-state index contributed by atoms with van der Waals surface area (Å²) in [6.07, 6.45) is 0.106. The van der Waals surface area contributed by atoms with Crippen LogP contribution in [0.3, 0.4) is 0 Å². The first kappa shape index (κ1) is 34.5.